The Labute approximate surface area is 181 Å². The first-order valence-electron chi connectivity index (χ1n) is 10.1. The quantitative estimate of drug-likeness (QED) is 0.689. The number of likely N-dealkylation sites (tertiary alicyclic amines) is 1. The number of ether oxygens (including phenoxy) is 2. The maximum absolute atomic E-state index is 15.6. The number of hydrogen-bond donors (Lipinski definition) is 0. The number of benzene rings is 2. The Morgan fingerprint density at radius 3 is 2.29 bits per heavy atom. The van der Waals surface area contributed by atoms with Crippen molar-refractivity contribution < 1.29 is 26.7 Å². The lowest BCUT2D eigenvalue weighted by Crippen LogP contribution is -2.40. The highest BCUT2D eigenvalue weighted by atomic mass is 32.2. The predicted molar refractivity (Wildman–Crippen MR) is 113 cm³/mol. The van der Waals surface area contributed by atoms with Crippen molar-refractivity contribution in [2.24, 2.45) is 0 Å². The molecule has 0 saturated carbocycles. The lowest BCUT2D eigenvalue weighted by Gasteiger charge is -2.35. The van der Waals surface area contributed by atoms with Gasteiger partial charge in [0.25, 0.3) is 0 Å². The molecule has 2 aliphatic heterocycles. The second-order valence-corrected chi connectivity index (χ2v) is 10.0. The highest BCUT2D eigenvalue weighted by molar-refractivity contribution is 7.95. The Morgan fingerprint density at radius 1 is 1.06 bits per heavy atom. The monoisotopic (exact) mass is 449 g/mol. The smallest absolute Gasteiger partial charge is 0.203 e. The summed E-state index contributed by atoms with van der Waals surface area (Å²) in [7, 11) is -0.841. The van der Waals surface area contributed by atoms with Gasteiger partial charge < -0.3 is 9.47 Å². The number of fused-ring (bicyclic) bond motifs is 1. The van der Waals surface area contributed by atoms with Gasteiger partial charge in [-0.3, -0.25) is 4.90 Å². The van der Waals surface area contributed by atoms with E-state index in [1.165, 1.54) is 38.5 Å². The van der Waals surface area contributed by atoms with Crippen molar-refractivity contribution in [3.05, 3.63) is 64.3 Å². The zero-order valence-electron chi connectivity index (χ0n) is 17.5. The summed E-state index contributed by atoms with van der Waals surface area (Å²) in [5.74, 6) is 0.489. The second-order valence-electron chi connectivity index (χ2n) is 8.04. The van der Waals surface area contributed by atoms with E-state index in [0.29, 0.717) is 36.7 Å². The van der Waals surface area contributed by atoms with Gasteiger partial charge in [0.15, 0.2) is 11.5 Å². The van der Waals surface area contributed by atoms with E-state index in [9.17, 15) is 12.8 Å². The van der Waals surface area contributed by atoms with Crippen LogP contribution in [0.4, 0.5) is 8.78 Å². The molecule has 0 bridgehead atoms. The minimum atomic E-state index is -3.77. The van der Waals surface area contributed by atoms with Gasteiger partial charge in [0, 0.05) is 32.1 Å². The molecule has 0 unspecified atom stereocenters. The normalized spacial score (nSPS) is 21.1. The average Bonchev–Trinajstić information content (AvgIpc) is 2.99. The fraction of sp³-hybridized carbons (Fsp3) is 0.391. The molecule has 0 atom stereocenters. The number of nitrogens with zero attached hydrogens (tertiary/aromatic N) is 1. The zero-order chi connectivity index (χ0) is 22.2. The van der Waals surface area contributed by atoms with Crippen LogP contribution in [0.5, 0.6) is 11.5 Å². The number of hydrogen-bond acceptors (Lipinski definition) is 5. The van der Waals surface area contributed by atoms with Crippen molar-refractivity contribution in [3.8, 4) is 11.5 Å². The van der Waals surface area contributed by atoms with Gasteiger partial charge in [-0.15, -0.1) is 0 Å². The highest BCUT2D eigenvalue weighted by Gasteiger charge is 2.39. The Kier molecular flexibility index (Phi) is 5.79. The first-order chi connectivity index (χ1) is 14.7. The molecule has 8 heteroatoms. The average molecular weight is 450 g/mol. The molecular formula is C23H25F2NO4S. The Balaban J connectivity index is 1.50. The minimum Gasteiger partial charge on any atom is -0.493 e. The fourth-order valence-corrected chi connectivity index (χ4v) is 5.94. The topological polar surface area (TPSA) is 55.8 Å². The van der Waals surface area contributed by atoms with Crippen LogP contribution in [0.2, 0.25) is 0 Å². The SMILES string of the molecule is COc1cc2c(cc1OC)S(=O)(=O)/C(=C/C1(F)CCN(Cc3ccc(F)cc3)CC1)C2. The fourth-order valence-electron chi connectivity index (χ4n) is 4.21. The van der Waals surface area contributed by atoms with Gasteiger partial charge in [0.2, 0.25) is 9.84 Å². The number of sulfone groups is 1. The molecule has 1 saturated heterocycles. The Morgan fingerprint density at radius 2 is 1.68 bits per heavy atom. The minimum absolute atomic E-state index is 0.0901. The summed E-state index contributed by atoms with van der Waals surface area (Å²) in [6.07, 6.45) is 1.85. The first-order valence-corrected chi connectivity index (χ1v) is 11.6. The summed E-state index contributed by atoms with van der Waals surface area (Å²) >= 11 is 0. The van der Waals surface area contributed by atoms with Crippen molar-refractivity contribution in [1.29, 1.82) is 0 Å². The van der Waals surface area contributed by atoms with Crippen LogP contribution >= 0.6 is 0 Å². The molecule has 2 heterocycles. The van der Waals surface area contributed by atoms with Gasteiger partial charge in [-0.25, -0.2) is 17.2 Å². The molecule has 166 valence electrons. The third-order valence-corrected chi connectivity index (χ3v) is 7.90. The van der Waals surface area contributed by atoms with Crippen molar-refractivity contribution in [2.75, 3.05) is 27.3 Å². The number of methoxy groups -OCH3 is 2. The molecule has 5 nitrogen and oxygen atoms in total. The van der Waals surface area contributed by atoms with Crippen LogP contribution in [0.1, 0.15) is 24.0 Å². The van der Waals surface area contributed by atoms with Crippen LogP contribution in [-0.4, -0.2) is 46.3 Å². The lowest BCUT2D eigenvalue weighted by atomic mass is 9.92. The molecule has 0 radical (unpaired) electrons. The molecule has 2 aromatic carbocycles. The maximum atomic E-state index is 15.6. The van der Waals surface area contributed by atoms with E-state index in [0.717, 1.165) is 5.56 Å². The van der Waals surface area contributed by atoms with Gasteiger partial charge in [0.1, 0.15) is 11.5 Å². The van der Waals surface area contributed by atoms with Crippen molar-refractivity contribution >= 4 is 9.84 Å². The van der Waals surface area contributed by atoms with Crippen LogP contribution in [0.15, 0.2) is 52.3 Å². The van der Waals surface area contributed by atoms with E-state index in [1.54, 1.807) is 18.2 Å². The number of alkyl halides is 1. The van der Waals surface area contributed by atoms with E-state index >= 15 is 4.39 Å². The van der Waals surface area contributed by atoms with Crippen LogP contribution in [0.3, 0.4) is 0 Å². The summed E-state index contributed by atoms with van der Waals surface area (Å²) in [6, 6.07) is 9.35. The van der Waals surface area contributed by atoms with Gasteiger partial charge in [-0.05, 0) is 48.2 Å². The van der Waals surface area contributed by atoms with E-state index in [2.05, 4.69) is 4.90 Å². The largest absolute Gasteiger partial charge is 0.493 e. The highest BCUT2D eigenvalue weighted by Crippen LogP contribution is 2.43. The predicted octanol–water partition coefficient (Wildman–Crippen LogP) is 4.06. The molecule has 0 spiro atoms. The molecular weight excluding hydrogens is 424 g/mol. The summed E-state index contributed by atoms with van der Waals surface area (Å²) in [4.78, 5) is 2.33. The summed E-state index contributed by atoms with van der Waals surface area (Å²) in [5.41, 5.74) is -0.137. The molecule has 2 aliphatic rings. The number of allylic oxidation sites excluding steroid dienone is 2. The first kappa shape index (κ1) is 21.8. The molecule has 4 rings (SSSR count). The van der Waals surface area contributed by atoms with Crippen LogP contribution in [-0.2, 0) is 22.8 Å². The number of rotatable bonds is 5. The molecule has 0 amide bonds. The molecule has 0 N–H and O–H groups in total. The van der Waals surface area contributed by atoms with Crippen LogP contribution < -0.4 is 9.47 Å². The molecule has 0 aliphatic carbocycles. The molecule has 0 aromatic heterocycles. The number of piperidine rings is 1. The second kappa shape index (κ2) is 8.24. The summed E-state index contributed by atoms with van der Waals surface area (Å²) in [6.45, 7) is 1.59. The van der Waals surface area contributed by atoms with E-state index in [-0.39, 0.29) is 34.9 Å². The Bertz CT molecular complexity index is 1110. The zero-order valence-corrected chi connectivity index (χ0v) is 18.3. The van der Waals surface area contributed by atoms with E-state index < -0.39 is 15.5 Å². The van der Waals surface area contributed by atoms with Crippen molar-refractivity contribution in [1.82, 2.24) is 4.90 Å². The third kappa shape index (κ3) is 4.32. The lowest BCUT2D eigenvalue weighted by molar-refractivity contribution is 0.0925. The van der Waals surface area contributed by atoms with Gasteiger partial charge in [0.05, 0.1) is 24.0 Å². The van der Waals surface area contributed by atoms with Gasteiger partial charge in [-0.1, -0.05) is 12.1 Å². The number of halogens is 2. The molecule has 2 aromatic rings. The van der Waals surface area contributed by atoms with Crippen LogP contribution in [0, 0.1) is 5.82 Å². The molecule has 31 heavy (non-hydrogen) atoms. The van der Waals surface area contributed by atoms with Crippen molar-refractivity contribution in [2.45, 2.75) is 36.4 Å². The van der Waals surface area contributed by atoms with Gasteiger partial charge in [-0.2, -0.15) is 0 Å². The standard InChI is InChI=1S/C23H25F2NO4S/c1-29-20-12-17-11-19(31(27,28)22(17)13-21(20)30-2)14-23(25)7-9-26(10-8-23)15-16-3-5-18(24)6-4-16/h3-6,12-14H,7-11,15H2,1-2H3/b19-14+. The summed E-state index contributed by atoms with van der Waals surface area (Å²) in [5, 5.41) is 0. The maximum Gasteiger partial charge on any atom is 0.203 e. The van der Waals surface area contributed by atoms with Crippen molar-refractivity contribution in [3.63, 3.8) is 0 Å². The molecule has 1 fully saturated rings. The van der Waals surface area contributed by atoms with Gasteiger partial charge >= 0.3 is 0 Å². The third-order valence-electron chi connectivity index (χ3n) is 5.99. The summed E-state index contributed by atoms with van der Waals surface area (Å²) < 4.78 is 65.2. The van der Waals surface area contributed by atoms with E-state index in [4.69, 9.17) is 9.47 Å². The van der Waals surface area contributed by atoms with Crippen LogP contribution in [0.25, 0.3) is 0 Å². The Hall–Kier alpha value is -2.45. The van der Waals surface area contributed by atoms with E-state index in [1.807, 2.05) is 0 Å².